The number of aryl methyl sites for hydroxylation is 1. The van der Waals surface area contributed by atoms with Gasteiger partial charge < -0.3 is 4.98 Å². The van der Waals surface area contributed by atoms with Crippen molar-refractivity contribution >= 4 is 49.4 Å². The van der Waals surface area contributed by atoms with Crippen molar-refractivity contribution in [1.82, 2.24) is 4.98 Å². The molecule has 0 fully saturated rings. The zero-order chi connectivity index (χ0) is 13.8. The van der Waals surface area contributed by atoms with Crippen LogP contribution in [0.3, 0.4) is 0 Å². The van der Waals surface area contributed by atoms with Gasteiger partial charge in [-0.1, -0.05) is 20.8 Å². The Morgan fingerprint density at radius 1 is 1.32 bits per heavy atom. The van der Waals surface area contributed by atoms with Crippen LogP contribution in [-0.2, 0) is 12.8 Å². The lowest BCUT2D eigenvalue weighted by Gasteiger charge is -2.34. The van der Waals surface area contributed by atoms with E-state index in [1.807, 2.05) is 0 Å². The fraction of sp³-hybridized carbons (Fsp3) is 0.500. The van der Waals surface area contributed by atoms with Crippen LogP contribution in [0, 0.1) is 14.9 Å². The average molecular weight is 432 g/mol. The van der Waals surface area contributed by atoms with Crippen LogP contribution in [0.5, 0.6) is 0 Å². The summed E-state index contributed by atoms with van der Waals surface area (Å²) in [5, 5.41) is 1.42. The molecule has 1 atom stereocenters. The Morgan fingerprint density at radius 2 is 2.05 bits per heavy atom. The second-order valence-corrected chi connectivity index (χ2v) is 8.80. The highest BCUT2D eigenvalue weighted by atomic mass is 127. The standard InChI is InChI=1S/C16H19BrIN/c1-16(2,3)9-4-5-14-11(6-9)12-7-10(18)8-13(17)15(12)19-14/h7-9,19H,4-6H2,1-3H3. The third kappa shape index (κ3) is 2.48. The summed E-state index contributed by atoms with van der Waals surface area (Å²) >= 11 is 6.10. The van der Waals surface area contributed by atoms with Gasteiger partial charge in [0.2, 0.25) is 0 Å². The van der Waals surface area contributed by atoms with Crippen molar-refractivity contribution in [2.75, 3.05) is 0 Å². The molecule has 0 spiro atoms. The van der Waals surface area contributed by atoms with Crippen LogP contribution in [0.15, 0.2) is 16.6 Å². The van der Waals surface area contributed by atoms with E-state index in [9.17, 15) is 0 Å². The van der Waals surface area contributed by atoms with Crippen molar-refractivity contribution in [3.05, 3.63) is 31.4 Å². The van der Waals surface area contributed by atoms with Gasteiger partial charge in [-0.2, -0.15) is 0 Å². The molecular weight excluding hydrogens is 413 g/mol. The fourth-order valence-electron chi connectivity index (χ4n) is 3.18. The van der Waals surface area contributed by atoms with Crippen molar-refractivity contribution in [3.63, 3.8) is 0 Å². The van der Waals surface area contributed by atoms with Crippen molar-refractivity contribution in [3.8, 4) is 0 Å². The lowest BCUT2D eigenvalue weighted by atomic mass is 9.71. The number of rotatable bonds is 0. The summed E-state index contributed by atoms with van der Waals surface area (Å²) in [7, 11) is 0. The fourth-order valence-corrected chi connectivity index (χ4v) is 4.79. The minimum Gasteiger partial charge on any atom is -0.357 e. The van der Waals surface area contributed by atoms with Crippen LogP contribution in [0.2, 0.25) is 0 Å². The Balaban J connectivity index is 2.13. The maximum atomic E-state index is 3.69. The summed E-state index contributed by atoms with van der Waals surface area (Å²) < 4.78 is 2.49. The second-order valence-electron chi connectivity index (χ2n) is 6.70. The van der Waals surface area contributed by atoms with E-state index in [4.69, 9.17) is 0 Å². The van der Waals surface area contributed by atoms with Crippen LogP contribution >= 0.6 is 38.5 Å². The molecule has 1 aliphatic rings. The minimum atomic E-state index is 0.403. The summed E-state index contributed by atoms with van der Waals surface area (Å²) in [6, 6.07) is 4.51. The van der Waals surface area contributed by atoms with E-state index >= 15 is 0 Å². The van der Waals surface area contributed by atoms with Crippen LogP contribution < -0.4 is 0 Å². The molecule has 1 aromatic carbocycles. The van der Waals surface area contributed by atoms with Crippen LogP contribution in [0.4, 0.5) is 0 Å². The summed E-state index contributed by atoms with van der Waals surface area (Å²) in [5.74, 6) is 0.788. The highest BCUT2D eigenvalue weighted by Crippen LogP contribution is 2.41. The second kappa shape index (κ2) is 4.76. The molecule has 1 N–H and O–H groups in total. The number of hydrogen-bond acceptors (Lipinski definition) is 0. The Hall–Kier alpha value is -0.0300. The van der Waals surface area contributed by atoms with Gasteiger partial charge in [-0.15, -0.1) is 0 Å². The number of hydrogen-bond donors (Lipinski definition) is 1. The van der Waals surface area contributed by atoms with E-state index < -0.39 is 0 Å². The molecule has 2 aromatic rings. The smallest absolute Gasteiger partial charge is 0.0604 e. The third-order valence-corrected chi connectivity index (χ3v) is 5.69. The summed E-state index contributed by atoms with van der Waals surface area (Å²) in [4.78, 5) is 3.63. The maximum absolute atomic E-state index is 3.69. The molecular formula is C16H19BrIN. The van der Waals surface area contributed by atoms with E-state index in [1.54, 1.807) is 5.56 Å². The topological polar surface area (TPSA) is 15.8 Å². The van der Waals surface area contributed by atoms with Gasteiger partial charge in [-0.25, -0.2) is 0 Å². The van der Waals surface area contributed by atoms with Gasteiger partial charge in [-0.05, 0) is 86.8 Å². The molecule has 0 saturated heterocycles. The molecule has 1 heterocycles. The Kier molecular flexibility index (Phi) is 3.49. The quantitative estimate of drug-likeness (QED) is 0.516. The van der Waals surface area contributed by atoms with Crippen molar-refractivity contribution < 1.29 is 0 Å². The monoisotopic (exact) mass is 431 g/mol. The highest BCUT2D eigenvalue weighted by molar-refractivity contribution is 14.1. The molecule has 0 radical (unpaired) electrons. The van der Waals surface area contributed by atoms with E-state index in [2.05, 4.69) is 76.4 Å². The lowest BCUT2D eigenvalue weighted by molar-refractivity contribution is 0.216. The van der Waals surface area contributed by atoms with E-state index in [0.717, 1.165) is 5.92 Å². The number of benzene rings is 1. The number of aromatic nitrogens is 1. The third-order valence-electron chi connectivity index (χ3n) is 4.44. The first-order valence-electron chi connectivity index (χ1n) is 6.84. The Bertz CT molecular complexity index is 636. The van der Waals surface area contributed by atoms with Gasteiger partial charge in [0.05, 0.1) is 5.52 Å². The Morgan fingerprint density at radius 3 is 2.74 bits per heavy atom. The van der Waals surface area contributed by atoms with Gasteiger partial charge in [0.15, 0.2) is 0 Å². The first kappa shape index (κ1) is 13.9. The SMILES string of the molecule is CC(C)(C)C1CCc2[nH]c3c(Br)cc(I)cc3c2C1. The summed E-state index contributed by atoms with van der Waals surface area (Å²) in [6.07, 6.45) is 3.71. The van der Waals surface area contributed by atoms with Gasteiger partial charge in [0.1, 0.15) is 0 Å². The molecule has 1 nitrogen and oxygen atoms in total. The predicted octanol–water partition coefficient (Wildman–Crippen LogP) is 5.69. The summed E-state index contributed by atoms with van der Waals surface area (Å²) in [5.41, 5.74) is 4.69. The first-order chi connectivity index (χ1) is 8.86. The van der Waals surface area contributed by atoms with Gasteiger partial charge in [0.25, 0.3) is 0 Å². The molecule has 19 heavy (non-hydrogen) atoms. The molecule has 3 heteroatoms. The van der Waals surface area contributed by atoms with Crippen molar-refractivity contribution in [1.29, 1.82) is 0 Å². The number of halogens is 2. The predicted molar refractivity (Wildman–Crippen MR) is 93.7 cm³/mol. The van der Waals surface area contributed by atoms with E-state index in [-0.39, 0.29) is 0 Å². The van der Waals surface area contributed by atoms with Gasteiger partial charge in [0, 0.05) is 19.1 Å². The van der Waals surface area contributed by atoms with E-state index in [1.165, 1.54) is 43.9 Å². The highest BCUT2D eigenvalue weighted by Gasteiger charge is 2.30. The van der Waals surface area contributed by atoms with Crippen molar-refractivity contribution in [2.45, 2.75) is 40.0 Å². The number of fused-ring (bicyclic) bond motifs is 3. The van der Waals surface area contributed by atoms with Gasteiger partial charge >= 0.3 is 0 Å². The molecule has 1 unspecified atom stereocenters. The molecule has 0 saturated carbocycles. The molecule has 0 bridgehead atoms. The van der Waals surface area contributed by atoms with Crippen LogP contribution in [-0.4, -0.2) is 4.98 Å². The maximum Gasteiger partial charge on any atom is 0.0604 e. The summed E-state index contributed by atoms with van der Waals surface area (Å²) in [6.45, 7) is 7.12. The average Bonchev–Trinajstić information content (AvgIpc) is 2.66. The molecule has 0 aliphatic heterocycles. The normalized spacial score (nSPS) is 19.7. The lowest BCUT2D eigenvalue weighted by Crippen LogP contribution is -2.26. The zero-order valence-electron chi connectivity index (χ0n) is 11.6. The number of aromatic amines is 1. The van der Waals surface area contributed by atoms with E-state index in [0.29, 0.717) is 5.41 Å². The molecule has 3 rings (SSSR count). The Labute approximate surface area is 136 Å². The molecule has 0 amide bonds. The van der Waals surface area contributed by atoms with Crippen LogP contribution in [0.1, 0.15) is 38.4 Å². The number of H-pyrrole nitrogens is 1. The molecule has 1 aliphatic carbocycles. The first-order valence-corrected chi connectivity index (χ1v) is 8.72. The van der Waals surface area contributed by atoms with Crippen LogP contribution in [0.25, 0.3) is 10.9 Å². The largest absolute Gasteiger partial charge is 0.357 e. The number of nitrogens with one attached hydrogen (secondary N) is 1. The van der Waals surface area contributed by atoms with Crippen molar-refractivity contribution in [2.24, 2.45) is 11.3 Å². The molecule has 1 aromatic heterocycles. The zero-order valence-corrected chi connectivity index (χ0v) is 15.4. The van der Waals surface area contributed by atoms with Gasteiger partial charge in [-0.3, -0.25) is 0 Å². The molecule has 102 valence electrons. The minimum absolute atomic E-state index is 0.403.